The number of hydrogen-bond acceptors (Lipinski definition) is 2. The molecule has 0 amide bonds. The quantitative estimate of drug-likeness (QED) is 0.900. The predicted molar refractivity (Wildman–Crippen MR) is 77.8 cm³/mol. The molecule has 0 bridgehead atoms. The number of halogens is 1. The first kappa shape index (κ1) is 12.9. The summed E-state index contributed by atoms with van der Waals surface area (Å²) in [6.45, 7) is 7.80. The van der Waals surface area contributed by atoms with Gasteiger partial charge in [0.25, 0.3) is 0 Å². The van der Waals surface area contributed by atoms with Gasteiger partial charge in [-0.25, -0.2) is 0 Å². The van der Waals surface area contributed by atoms with Crippen LogP contribution in [0.15, 0.2) is 22.7 Å². The molecule has 3 heteroatoms. The summed E-state index contributed by atoms with van der Waals surface area (Å²) >= 11 is 3.62. The zero-order valence-corrected chi connectivity index (χ0v) is 12.3. The maximum atomic E-state index is 3.62. The first-order valence-corrected chi connectivity index (χ1v) is 7.24. The average Bonchev–Trinajstić information content (AvgIpc) is 2.58. The monoisotopic (exact) mass is 296 g/mol. The summed E-state index contributed by atoms with van der Waals surface area (Å²) in [6.07, 6.45) is 2.42. The van der Waals surface area contributed by atoms with Crippen molar-refractivity contribution >= 4 is 21.6 Å². The summed E-state index contributed by atoms with van der Waals surface area (Å²) in [4.78, 5) is 2.50. The van der Waals surface area contributed by atoms with Crippen LogP contribution in [0, 0.1) is 6.92 Å². The maximum Gasteiger partial charge on any atom is 0.0378 e. The van der Waals surface area contributed by atoms with E-state index >= 15 is 0 Å². The van der Waals surface area contributed by atoms with Crippen LogP contribution in [0.2, 0.25) is 0 Å². The van der Waals surface area contributed by atoms with E-state index in [0.717, 1.165) is 19.6 Å². The lowest BCUT2D eigenvalue weighted by Gasteiger charge is -2.26. The average molecular weight is 297 g/mol. The number of rotatable bonds is 2. The lowest BCUT2D eigenvalue weighted by Crippen LogP contribution is -2.37. The van der Waals surface area contributed by atoms with Crippen LogP contribution in [-0.2, 0) is 0 Å². The minimum atomic E-state index is 0.623. The second-order valence-electron chi connectivity index (χ2n) is 4.79. The molecule has 2 nitrogen and oxygen atoms in total. The summed E-state index contributed by atoms with van der Waals surface area (Å²) in [5, 5.41) is 3.60. The Kier molecular flexibility index (Phi) is 4.46. The Morgan fingerprint density at radius 1 is 1.47 bits per heavy atom. The number of nitrogens with zero attached hydrogens (tertiary/aromatic N) is 1. The zero-order valence-electron chi connectivity index (χ0n) is 10.7. The van der Waals surface area contributed by atoms with Crippen molar-refractivity contribution in [2.45, 2.75) is 32.7 Å². The summed E-state index contributed by atoms with van der Waals surface area (Å²) in [5.41, 5.74) is 2.64. The summed E-state index contributed by atoms with van der Waals surface area (Å²) in [6, 6.07) is 7.29. The molecule has 1 N–H and O–H groups in total. The fourth-order valence-electron chi connectivity index (χ4n) is 2.28. The van der Waals surface area contributed by atoms with Gasteiger partial charge in [0.15, 0.2) is 0 Å². The number of anilines is 1. The molecule has 94 valence electrons. The van der Waals surface area contributed by atoms with Gasteiger partial charge >= 0.3 is 0 Å². The number of hydrogen-bond donors (Lipinski definition) is 1. The van der Waals surface area contributed by atoms with Gasteiger partial charge in [0.2, 0.25) is 0 Å². The van der Waals surface area contributed by atoms with Gasteiger partial charge < -0.3 is 10.2 Å². The SMILES string of the molecule is CCC1CN(c2ccc(C)c(Br)c2)CCCN1. The molecule has 1 aromatic rings. The number of nitrogens with one attached hydrogen (secondary N) is 1. The summed E-state index contributed by atoms with van der Waals surface area (Å²) in [7, 11) is 0. The zero-order chi connectivity index (χ0) is 12.3. The Hall–Kier alpha value is -0.540. The lowest BCUT2D eigenvalue weighted by molar-refractivity contribution is 0.528. The molecule has 0 aliphatic carbocycles. The third-order valence-electron chi connectivity index (χ3n) is 3.49. The van der Waals surface area contributed by atoms with E-state index in [9.17, 15) is 0 Å². The molecule has 1 fully saturated rings. The van der Waals surface area contributed by atoms with E-state index in [0.29, 0.717) is 6.04 Å². The molecule has 1 unspecified atom stereocenters. The summed E-state index contributed by atoms with van der Waals surface area (Å²) < 4.78 is 1.21. The van der Waals surface area contributed by atoms with E-state index in [1.807, 2.05) is 0 Å². The lowest BCUT2D eigenvalue weighted by atomic mass is 10.2. The predicted octanol–water partition coefficient (Wildman–Crippen LogP) is 3.34. The Bertz CT molecular complexity index is 378. The van der Waals surface area contributed by atoms with Crippen LogP contribution in [0.25, 0.3) is 0 Å². The molecular weight excluding hydrogens is 276 g/mol. The van der Waals surface area contributed by atoms with E-state index in [-0.39, 0.29) is 0 Å². The van der Waals surface area contributed by atoms with Gasteiger partial charge in [0.05, 0.1) is 0 Å². The fraction of sp³-hybridized carbons (Fsp3) is 0.571. The Labute approximate surface area is 113 Å². The molecule has 2 rings (SSSR count). The van der Waals surface area contributed by atoms with Crippen molar-refractivity contribution in [3.05, 3.63) is 28.2 Å². The van der Waals surface area contributed by atoms with E-state index in [1.165, 1.54) is 28.6 Å². The van der Waals surface area contributed by atoms with E-state index in [4.69, 9.17) is 0 Å². The van der Waals surface area contributed by atoms with Crippen LogP contribution in [0.1, 0.15) is 25.3 Å². The molecule has 1 aliphatic rings. The highest BCUT2D eigenvalue weighted by Gasteiger charge is 2.16. The molecule has 0 radical (unpaired) electrons. The number of aryl methyl sites for hydroxylation is 1. The highest BCUT2D eigenvalue weighted by molar-refractivity contribution is 9.10. The Morgan fingerprint density at radius 2 is 2.29 bits per heavy atom. The van der Waals surface area contributed by atoms with E-state index in [2.05, 4.69) is 58.2 Å². The minimum absolute atomic E-state index is 0.623. The number of benzene rings is 1. The normalized spacial score (nSPS) is 21.4. The Morgan fingerprint density at radius 3 is 3.00 bits per heavy atom. The highest BCUT2D eigenvalue weighted by Crippen LogP contribution is 2.24. The van der Waals surface area contributed by atoms with Crippen molar-refractivity contribution in [1.29, 1.82) is 0 Å². The van der Waals surface area contributed by atoms with E-state index < -0.39 is 0 Å². The van der Waals surface area contributed by atoms with Gasteiger partial charge in [-0.3, -0.25) is 0 Å². The summed E-state index contributed by atoms with van der Waals surface area (Å²) in [5.74, 6) is 0. The van der Waals surface area contributed by atoms with Crippen LogP contribution in [0.5, 0.6) is 0 Å². The van der Waals surface area contributed by atoms with Crippen molar-refractivity contribution in [2.75, 3.05) is 24.5 Å². The van der Waals surface area contributed by atoms with Gasteiger partial charge in [-0.1, -0.05) is 28.9 Å². The molecule has 1 atom stereocenters. The van der Waals surface area contributed by atoms with Gasteiger partial charge in [0, 0.05) is 29.3 Å². The molecule has 1 aromatic carbocycles. The second kappa shape index (κ2) is 5.87. The van der Waals surface area contributed by atoms with Crippen LogP contribution in [-0.4, -0.2) is 25.7 Å². The second-order valence-corrected chi connectivity index (χ2v) is 5.65. The van der Waals surface area contributed by atoms with Gasteiger partial charge in [0.1, 0.15) is 0 Å². The standard InChI is InChI=1S/C14H21BrN2/c1-3-12-10-17(8-4-7-16-12)13-6-5-11(2)14(15)9-13/h5-6,9,12,16H,3-4,7-8,10H2,1-2H3. The largest absolute Gasteiger partial charge is 0.370 e. The van der Waals surface area contributed by atoms with Crippen molar-refractivity contribution in [2.24, 2.45) is 0 Å². The molecule has 1 heterocycles. The van der Waals surface area contributed by atoms with Crippen LogP contribution >= 0.6 is 15.9 Å². The minimum Gasteiger partial charge on any atom is -0.370 e. The third kappa shape index (κ3) is 3.23. The first-order valence-electron chi connectivity index (χ1n) is 6.45. The highest BCUT2D eigenvalue weighted by atomic mass is 79.9. The first-order chi connectivity index (χ1) is 8.20. The molecular formula is C14H21BrN2. The van der Waals surface area contributed by atoms with Crippen LogP contribution in [0.4, 0.5) is 5.69 Å². The Balaban J connectivity index is 2.16. The topological polar surface area (TPSA) is 15.3 Å². The van der Waals surface area contributed by atoms with Gasteiger partial charge in [-0.15, -0.1) is 0 Å². The van der Waals surface area contributed by atoms with Crippen molar-refractivity contribution < 1.29 is 0 Å². The van der Waals surface area contributed by atoms with Gasteiger partial charge in [-0.2, -0.15) is 0 Å². The van der Waals surface area contributed by atoms with Crippen LogP contribution < -0.4 is 10.2 Å². The molecule has 1 saturated heterocycles. The van der Waals surface area contributed by atoms with Crippen molar-refractivity contribution in [3.8, 4) is 0 Å². The smallest absolute Gasteiger partial charge is 0.0378 e. The molecule has 1 aliphatic heterocycles. The third-order valence-corrected chi connectivity index (χ3v) is 4.35. The van der Waals surface area contributed by atoms with Crippen LogP contribution in [0.3, 0.4) is 0 Å². The molecule has 0 saturated carbocycles. The molecule has 0 spiro atoms. The fourth-order valence-corrected chi connectivity index (χ4v) is 2.65. The molecule has 17 heavy (non-hydrogen) atoms. The van der Waals surface area contributed by atoms with Crippen molar-refractivity contribution in [1.82, 2.24) is 5.32 Å². The van der Waals surface area contributed by atoms with E-state index in [1.54, 1.807) is 0 Å². The van der Waals surface area contributed by atoms with Gasteiger partial charge in [-0.05, 0) is 44.0 Å². The maximum absolute atomic E-state index is 3.62. The van der Waals surface area contributed by atoms with Crippen molar-refractivity contribution in [3.63, 3.8) is 0 Å². The molecule has 0 aromatic heterocycles.